The van der Waals surface area contributed by atoms with Crippen molar-refractivity contribution < 1.29 is 4.79 Å². The van der Waals surface area contributed by atoms with Crippen molar-refractivity contribution in [2.75, 3.05) is 18.6 Å². The number of nitrogens with zero attached hydrogens (tertiary/aromatic N) is 1. The third-order valence-corrected chi connectivity index (χ3v) is 4.62. The lowest BCUT2D eigenvalue weighted by Gasteiger charge is -2.24. The highest BCUT2D eigenvalue weighted by atomic mass is 32.2. The maximum absolute atomic E-state index is 12.6. The van der Waals surface area contributed by atoms with Crippen molar-refractivity contribution >= 4 is 17.7 Å². The number of thioether (sulfide) groups is 1. The smallest absolute Gasteiger partial charge is 0.241 e. The molecule has 1 amide bonds. The molecule has 2 rings (SSSR count). The molecule has 1 aromatic carbocycles. The predicted octanol–water partition coefficient (Wildman–Crippen LogP) is 3.35. The maximum atomic E-state index is 12.6. The zero-order valence-electron chi connectivity index (χ0n) is 13.3. The normalized spacial score (nSPS) is 22.0. The van der Waals surface area contributed by atoms with E-state index in [9.17, 15) is 4.79 Å². The molecule has 116 valence electrons. The van der Waals surface area contributed by atoms with Crippen LogP contribution in [-0.4, -0.2) is 35.4 Å². The van der Waals surface area contributed by atoms with Crippen LogP contribution in [0.1, 0.15) is 43.5 Å². The highest BCUT2D eigenvalue weighted by molar-refractivity contribution is 7.98. The Morgan fingerprint density at radius 1 is 1.29 bits per heavy atom. The van der Waals surface area contributed by atoms with Gasteiger partial charge in [-0.15, -0.1) is 0 Å². The van der Waals surface area contributed by atoms with Crippen LogP contribution >= 0.6 is 11.8 Å². The van der Waals surface area contributed by atoms with Gasteiger partial charge in [-0.05, 0) is 25.2 Å². The fourth-order valence-corrected chi connectivity index (χ4v) is 3.13. The van der Waals surface area contributed by atoms with Gasteiger partial charge < -0.3 is 4.90 Å². The lowest BCUT2D eigenvalue weighted by Crippen LogP contribution is -2.33. The first kappa shape index (κ1) is 16.4. The van der Waals surface area contributed by atoms with Crippen molar-refractivity contribution in [3.8, 4) is 0 Å². The van der Waals surface area contributed by atoms with E-state index in [-0.39, 0.29) is 18.1 Å². The lowest BCUT2D eigenvalue weighted by molar-refractivity contribution is -0.130. The monoisotopic (exact) mass is 306 g/mol. The van der Waals surface area contributed by atoms with Crippen molar-refractivity contribution in [1.82, 2.24) is 10.2 Å². The number of nitrogens with one attached hydrogen (secondary N) is 1. The standard InChI is InChI=1S/C17H26N2OS/c1-4-5-6-15-17(20)19(11-12-21-3)16(18-15)14-9-7-13(2)8-10-14/h7-10,15-16,18H,4-6,11-12H2,1-3H3. The Morgan fingerprint density at radius 3 is 2.62 bits per heavy atom. The molecule has 0 bridgehead atoms. The molecular weight excluding hydrogens is 280 g/mol. The first-order valence-corrected chi connectivity index (χ1v) is 9.18. The van der Waals surface area contributed by atoms with Gasteiger partial charge in [-0.2, -0.15) is 11.8 Å². The summed E-state index contributed by atoms with van der Waals surface area (Å²) in [6.45, 7) is 5.07. The Labute approximate surface area is 132 Å². The number of amides is 1. The van der Waals surface area contributed by atoms with Gasteiger partial charge in [0.1, 0.15) is 6.17 Å². The van der Waals surface area contributed by atoms with Gasteiger partial charge in [-0.25, -0.2) is 0 Å². The van der Waals surface area contributed by atoms with E-state index in [1.165, 1.54) is 11.1 Å². The molecule has 1 aliphatic rings. The molecular formula is C17H26N2OS. The van der Waals surface area contributed by atoms with Crippen LogP contribution in [0, 0.1) is 6.92 Å². The van der Waals surface area contributed by atoms with Gasteiger partial charge in [-0.1, -0.05) is 49.6 Å². The number of carbonyl (C=O) groups is 1. The van der Waals surface area contributed by atoms with Crippen molar-refractivity contribution in [3.05, 3.63) is 35.4 Å². The molecule has 4 heteroatoms. The molecule has 21 heavy (non-hydrogen) atoms. The summed E-state index contributed by atoms with van der Waals surface area (Å²) in [5, 5.41) is 3.54. The van der Waals surface area contributed by atoms with Gasteiger partial charge in [0.25, 0.3) is 0 Å². The van der Waals surface area contributed by atoms with E-state index in [1.807, 2.05) is 4.90 Å². The Kier molecular flexibility index (Phi) is 6.12. The maximum Gasteiger partial charge on any atom is 0.241 e. The molecule has 1 N–H and O–H groups in total. The molecule has 1 heterocycles. The highest BCUT2D eigenvalue weighted by Gasteiger charge is 2.38. The van der Waals surface area contributed by atoms with Crippen molar-refractivity contribution in [1.29, 1.82) is 0 Å². The van der Waals surface area contributed by atoms with Crippen LogP contribution in [0.5, 0.6) is 0 Å². The molecule has 2 atom stereocenters. The van der Waals surface area contributed by atoms with Gasteiger partial charge in [0.15, 0.2) is 0 Å². The minimum atomic E-state index is -0.0156. The molecule has 1 saturated heterocycles. The second-order valence-electron chi connectivity index (χ2n) is 5.70. The molecule has 0 spiro atoms. The largest absolute Gasteiger partial charge is 0.321 e. The summed E-state index contributed by atoms with van der Waals surface area (Å²) in [6, 6.07) is 8.49. The van der Waals surface area contributed by atoms with Crippen LogP contribution in [0.2, 0.25) is 0 Å². The molecule has 1 aliphatic heterocycles. The van der Waals surface area contributed by atoms with Crippen LogP contribution < -0.4 is 5.32 Å². The van der Waals surface area contributed by atoms with Gasteiger partial charge >= 0.3 is 0 Å². The Morgan fingerprint density at radius 2 is 2.00 bits per heavy atom. The Balaban J connectivity index is 2.15. The van der Waals surface area contributed by atoms with Crippen LogP contribution in [0.4, 0.5) is 0 Å². The average Bonchev–Trinajstić information content (AvgIpc) is 2.80. The van der Waals surface area contributed by atoms with E-state index in [0.717, 1.165) is 31.6 Å². The summed E-state index contributed by atoms with van der Waals surface area (Å²) in [5.41, 5.74) is 2.44. The van der Waals surface area contributed by atoms with Crippen molar-refractivity contribution in [2.45, 2.75) is 45.3 Å². The van der Waals surface area contributed by atoms with E-state index in [4.69, 9.17) is 0 Å². The molecule has 0 saturated carbocycles. The van der Waals surface area contributed by atoms with Crippen LogP contribution in [-0.2, 0) is 4.79 Å². The SMILES string of the molecule is CCCCC1NC(c2ccc(C)cc2)N(CCSC)C1=O. The number of benzene rings is 1. The molecule has 0 aliphatic carbocycles. The molecule has 1 fully saturated rings. The third kappa shape index (κ3) is 4.01. The van der Waals surface area contributed by atoms with E-state index >= 15 is 0 Å². The average molecular weight is 306 g/mol. The summed E-state index contributed by atoms with van der Waals surface area (Å²) in [5.74, 6) is 1.25. The van der Waals surface area contributed by atoms with Crippen LogP contribution in [0.15, 0.2) is 24.3 Å². The summed E-state index contributed by atoms with van der Waals surface area (Å²) in [7, 11) is 0. The van der Waals surface area contributed by atoms with Gasteiger partial charge in [0.2, 0.25) is 5.91 Å². The minimum Gasteiger partial charge on any atom is -0.321 e. The Hall–Kier alpha value is -1.00. The van der Waals surface area contributed by atoms with Crippen LogP contribution in [0.3, 0.4) is 0 Å². The fourth-order valence-electron chi connectivity index (χ4n) is 2.75. The fraction of sp³-hybridized carbons (Fsp3) is 0.588. The topological polar surface area (TPSA) is 32.3 Å². The molecule has 2 unspecified atom stereocenters. The number of carbonyl (C=O) groups excluding carboxylic acids is 1. The Bertz CT molecular complexity index is 460. The first-order valence-electron chi connectivity index (χ1n) is 7.79. The van der Waals surface area contributed by atoms with Crippen molar-refractivity contribution in [3.63, 3.8) is 0 Å². The van der Waals surface area contributed by atoms with Gasteiger partial charge in [0.05, 0.1) is 6.04 Å². The van der Waals surface area contributed by atoms with Gasteiger partial charge in [0, 0.05) is 12.3 Å². The van der Waals surface area contributed by atoms with E-state index < -0.39 is 0 Å². The molecule has 1 aromatic rings. The van der Waals surface area contributed by atoms with E-state index in [0.29, 0.717) is 0 Å². The molecule has 3 nitrogen and oxygen atoms in total. The second kappa shape index (κ2) is 7.85. The number of hydrogen-bond acceptors (Lipinski definition) is 3. The van der Waals surface area contributed by atoms with E-state index in [2.05, 4.69) is 49.7 Å². The highest BCUT2D eigenvalue weighted by Crippen LogP contribution is 2.27. The third-order valence-electron chi connectivity index (χ3n) is 4.03. The number of aryl methyl sites for hydroxylation is 1. The molecule has 0 aromatic heterocycles. The predicted molar refractivity (Wildman–Crippen MR) is 90.5 cm³/mol. The quantitative estimate of drug-likeness (QED) is 0.838. The molecule has 0 radical (unpaired) electrons. The number of hydrogen-bond donors (Lipinski definition) is 1. The zero-order chi connectivity index (χ0) is 15.2. The first-order chi connectivity index (χ1) is 10.2. The zero-order valence-corrected chi connectivity index (χ0v) is 14.1. The lowest BCUT2D eigenvalue weighted by atomic mass is 10.1. The number of unbranched alkanes of at least 4 members (excludes halogenated alkanes) is 1. The summed E-state index contributed by atoms with van der Waals surface area (Å²) >= 11 is 1.79. The summed E-state index contributed by atoms with van der Waals surface area (Å²) < 4.78 is 0. The van der Waals surface area contributed by atoms with Crippen molar-refractivity contribution in [2.24, 2.45) is 0 Å². The summed E-state index contributed by atoms with van der Waals surface area (Å²) in [4.78, 5) is 14.6. The minimum absolute atomic E-state index is 0.0156. The second-order valence-corrected chi connectivity index (χ2v) is 6.68. The number of rotatable bonds is 7. The van der Waals surface area contributed by atoms with E-state index in [1.54, 1.807) is 11.8 Å². The van der Waals surface area contributed by atoms with Crippen LogP contribution in [0.25, 0.3) is 0 Å². The van der Waals surface area contributed by atoms with Gasteiger partial charge in [-0.3, -0.25) is 10.1 Å². The summed E-state index contributed by atoms with van der Waals surface area (Å²) in [6.07, 6.45) is 5.29.